The van der Waals surface area contributed by atoms with E-state index in [4.69, 9.17) is 0 Å². The lowest BCUT2D eigenvalue weighted by Gasteiger charge is -2.29. The summed E-state index contributed by atoms with van der Waals surface area (Å²) in [5.41, 5.74) is 0.0446. The molecule has 3 heteroatoms. The van der Waals surface area contributed by atoms with E-state index in [1.807, 2.05) is 0 Å². The fourth-order valence-electron chi connectivity index (χ4n) is 3.09. The van der Waals surface area contributed by atoms with Crippen LogP contribution in [0.3, 0.4) is 0 Å². The first-order valence-electron chi connectivity index (χ1n) is 8.31. The standard InChI is InChI=1S/C16H35O2P/c1-5-8-10-11-12-14(4)16(19(17)18)15(7-3)13-9-6-2/h14-16,19H,5-13H2,1-4H3,(H,17,18). The topological polar surface area (TPSA) is 37.3 Å². The number of unbranched alkanes of at least 4 members (excludes halogenated alkanes) is 4. The fraction of sp³-hybridized carbons (Fsp3) is 1.00. The van der Waals surface area contributed by atoms with Crippen LogP contribution in [-0.2, 0) is 4.57 Å². The van der Waals surface area contributed by atoms with Crippen LogP contribution in [0.25, 0.3) is 0 Å². The van der Waals surface area contributed by atoms with Gasteiger partial charge in [0, 0.05) is 5.66 Å². The van der Waals surface area contributed by atoms with Gasteiger partial charge in [0.15, 0.2) is 8.03 Å². The Hall–Kier alpha value is 0.190. The molecule has 0 amide bonds. The SMILES string of the molecule is CCCCCCC(C)C(C(CC)CCCC)[PH](=O)O. The third-order valence-corrected chi connectivity index (χ3v) is 5.98. The van der Waals surface area contributed by atoms with Crippen molar-refractivity contribution in [3.8, 4) is 0 Å². The summed E-state index contributed by atoms with van der Waals surface area (Å²) < 4.78 is 11.8. The van der Waals surface area contributed by atoms with Crippen molar-refractivity contribution in [2.24, 2.45) is 11.8 Å². The Balaban J connectivity index is 4.37. The largest absolute Gasteiger partial charge is 0.346 e. The minimum atomic E-state index is -2.40. The van der Waals surface area contributed by atoms with Gasteiger partial charge in [-0.15, -0.1) is 0 Å². The lowest BCUT2D eigenvalue weighted by Crippen LogP contribution is -2.24. The molecule has 116 valence electrons. The van der Waals surface area contributed by atoms with E-state index >= 15 is 0 Å². The van der Waals surface area contributed by atoms with Crippen molar-refractivity contribution in [3.05, 3.63) is 0 Å². The summed E-state index contributed by atoms with van der Waals surface area (Å²) >= 11 is 0. The minimum Gasteiger partial charge on any atom is -0.346 e. The fourth-order valence-corrected chi connectivity index (χ4v) is 4.55. The molecule has 1 N–H and O–H groups in total. The lowest BCUT2D eigenvalue weighted by molar-refractivity contribution is 0.319. The molecule has 0 aromatic heterocycles. The lowest BCUT2D eigenvalue weighted by atomic mass is 9.86. The smallest absolute Gasteiger partial charge is 0.192 e. The van der Waals surface area contributed by atoms with Gasteiger partial charge in [-0.05, 0) is 24.7 Å². The average Bonchev–Trinajstić information content (AvgIpc) is 2.38. The van der Waals surface area contributed by atoms with Gasteiger partial charge >= 0.3 is 0 Å². The van der Waals surface area contributed by atoms with Crippen LogP contribution in [0.1, 0.15) is 85.5 Å². The van der Waals surface area contributed by atoms with E-state index in [-0.39, 0.29) is 5.66 Å². The van der Waals surface area contributed by atoms with Crippen LogP contribution in [0, 0.1) is 11.8 Å². The Bertz CT molecular complexity index is 231. The predicted octanol–water partition coefficient (Wildman–Crippen LogP) is 5.64. The summed E-state index contributed by atoms with van der Waals surface area (Å²) in [4.78, 5) is 9.73. The highest BCUT2D eigenvalue weighted by atomic mass is 31.1. The molecule has 0 fully saturated rings. The minimum absolute atomic E-state index is 0.0446. The summed E-state index contributed by atoms with van der Waals surface area (Å²) in [5, 5.41) is 0. The molecule has 4 unspecified atom stereocenters. The van der Waals surface area contributed by atoms with Crippen molar-refractivity contribution >= 4 is 8.03 Å². The molecule has 0 aliphatic carbocycles. The van der Waals surface area contributed by atoms with Gasteiger partial charge in [0.05, 0.1) is 0 Å². The van der Waals surface area contributed by atoms with Crippen LogP contribution in [0.2, 0.25) is 0 Å². The van der Waals surface area contributed by atoms with Gasteiger partial charge < -0.3 is 4.89 Å². The quantitative estimate of drug-likeness (QED) is 0.373. The summed E-state index contributed by atoms with van der Waals surface area (Å²) in [6.45, 7) is 8.76. The highest BCUT2D eigenvalue weighted by Crippen LogP contribution is 2.40. The normalized spacial score (nSPS) is 17.9. The maximum atomic E-state index is 11.8. The molecule has 0 aliphatic rings. The molecule has 0 bridgehead atoms. The summed E-state index contributed by atoms with van der Waals surface area (Å²) in [6, 6.07) is 0. The molecule has 0 rings (SSSR count). The first kappa shape index (κ1) is 19.2. The van der Waals surface area contributed by atoms with Crippen molar-refractivity contribution in [3.63, 3.8) is 0 Å². The number of hydrogen-bond donors (Lipinski definition) is 1. The van der Waals surface area contributed by atoms with Gasteiger partial charge in [-0.2, -0.15) is 0 Å². The predicted molar refractivity (Wildman–Crippen MR) is 86.2 cm³/mol. The molecule has 0 aromatic carbocycles. The Labute approximate surface area is 121 Å². The van der Waals surface area contributed by atoms with Crippen LogP contribution >= 0.6 is 8.03 Å². The third kappa shape index (κ3) is 8.15. The van der Waals surface area contributed by atoms with Crippen molar-refractivity contribution in [2.45, 2.75) is 91.1 Å². The van der Waals surface area contributed by atoms with E-state index in [9.17, 15) is 9.46 Å². The first-order valence-corrected chi connectivity index (χ1v) is 9.74. The first-order chi connectivity index (χ1) is 9.08. The Kier molecular flexibility index (Phi) is 12.1. The van der Waals surface area contributed by atoms with E-state index in [0.717, 1.165) is 19.3 Å². The molecule has 0 aromatic rings. The maximum Gasteiger partial charge on any atom is 0.192 e. The van der Waals surface area contributed by atoms with Crippen molar-refractivity contribution < 1.29 is 9.46 Å². The molecular formula is C16H35O2P. The summed E-state index contributed by atoms with van der Waals surface area (Å²) in [5.74, 6) is 0.840. The van der Waals surface area contributed by atoms with Crippen molar-refractivity contribution in [1.29, 1.82) is 0 Å². The third-order valence-electron chi connectivity index (χ3n) is 4.37. The van der Waals surface area contributed by atoms with Gasteiger partial charge in [-0.25, -0.2) is 0 Å². The molecule has 4 atom stereocenters. The highest BCUT2D eigenvalue weighted by molar-refractivity contribution is 7.39. The molecule has 0 heterocycles. The van der Waals surface area contributed by atoms with E-state index in [2.05, 4.69) is 27.7 Å². The molecule has 0 spiro atoms. The molecular weight excluding hydrogens is 255 g/mol. The summed E-state index contributed by atoms with van der Waals surface area (Å²) in [7, 11) is -2.40. The molecule has 0 saturated carbocycles. The zero-order chi connectivity index (χ0) is 14.7. The van der Waals surface area contributed by atoms with E-state index in [1.165, 1.54) is 38.5 Å². The van der Waals surface area contributed by atoms with Crippen LogP contribution in [-0.4, -0.2) is 10.6 Å². The second-order valence-corrected chi connectivity index (χ2v) is 7.34. The van der Waals surface area contributed by atoms with Crippen LogP contribution < -0.4 is 0 Å². The maximum absolute atomic E-state index is 11.8. The zero-order valence-electron chi connectivity index (χ0n) is 13.5. The van der Waals surface area contributed by atoms with Crippen molar-refractivity contribution in [2.75, 3.05) is 0 Å². The average molecular weight is 290 g/mol. The Morgan fingerprint density at radius 2 is 1.58 bits per heavy atom. The monoisotopic (exact) mass is 290 g/mol. The van der Waals surface area contributed by atoms with Gasteiger partial charge in [0.25, 0.3) is 0 Å². The van der Waals surface area contributed by atoms with E-state index < -0.39 is 8.03 Å². The molecule has 0 aliphatic heterocycles. The molecule has 19 heavy (non-hydrogen) atoms. The molecule has 0 radical (unpaired) electrons. The van der Waals surface area contributed by atoms with Gasteiger partial charge in [0.1, 0.15) is 0 Å². The van der Waals surface area contributed by atoms with E-state index in [1.54, 1.807) is 0 Å². The van der Waals surface area contributed by atoms with Crippen LogP contribution in [0.15, 0.2) is 0 Å². The molecule has 0 saturated heterocycles. The number of hydrogen-bond acceptors (Lipinski definition) is 1. The van der Waals surface area contributed by atoms with Gasteiger partial charge in [0.2, 0.25) is 0 Å². The van der Waals surface area contributed by atoms with Crippen LogP contribution in [0.4, 0.5) is 0 Å². The van der Waals surface area contributed by atoms with Crippen molar-refractivity contribution in [1.82, 2.24) is 0 Å². The Morgan fingerprint density at radius 1 is 0.947 bits per heavy atom. The second kappa shape index (κ2) is 12.0. The second-order valence-electron chi connectivity index (χ2n) is 6.00. The molecule has 2 nitrogen and oxygen atoms in total. The highest BCUT2D eigenvalue weighted by Gasteiger charge is 2.29. The summed E-state index contributed by atoms with van der Waals surface area (Å²) in [6.07, 6.45) is 10.7. The van der Waals surface area contributed by atoms with Crippen LogP contribution in [0.5, 0.6) is 0 Å². The Morgan fingerprint density at radius 3 is 2.05 bits per heavy atom. The van der Waals surface area contributed by atoms with E-state index in [0.29, 0.717) is 11.8 Å². The van der Waals surface area contributed by atoms with Gasteiger partial charge in [-0.3, -0.25) is 4.57 Å². The van der Waals surface area contributed by atoms with Gasteiger partial charge in [-0.1, -0.05) is 72.6 Å². The number of rotatable bonds is 12. The zero-order valence-corrected chi connectivity index (χ0v) is 14.5.